The maximum absolute atomic E-state index is 13.0. The zero-order valence-corrected chi connectivity index (χ0v) is 18.6. The lowest BCUT2D eigenvalue weighted by molar-refractivity contribution is -0.0605. The van der Waals surface area contributed by atoms with Gasteiger partial charge in [0.1, 0.15) is 11.5 Å². The molecule has 33 heavy (non-hydrogen) atoms. The average Bonchev–Trinajstić information content (AvgIpc) is 3.39. The van der Waals surface area contributed by atoms with Crippen molar-refractivity contribution in [1.82, 2.24) is 0 Å². The Morgan fingerprint density at radius 2 is 1.91 bits per heavy atom. The zero-order chi connectivity index (χ0) is 24.4. The molecule has 2 aromatic heterocycles. The fraction of sp³-hybridized carbons (Fsp3) is 0.190. The lowest BCUT2D eigenvalue weighted by Crippen LogP contribution is -2.24. The summed E-state index contributed by atoms with van der Waals surface area (Å²) < 4.78 is 67.7. The van der Waals surface area contributed by atoms with Crippen LogP contribution in [-0.4, -0.2) is 43.3 Å². The molecule has 0 amide bonds. The van der Waals surface area contributed by atoms with Gasteiger partial charge in [-0.15, -0.1) is 11.3 Å². The summed E-state index contributed by atoms with van der Waals surface area (Å²) in [6.45, 7) is -0.218. The van der Waals surface area contributed by atoms with Crippen molar-refractivity contribution in [1.29, 1.82) is 5.41 Å². The minimum Gasteiger partial charge on any atom is -0.475 e. The number of rotatable bonds is 8. The van der Waals surface area contributed by atoms with Crippen molar-refractivity contribution >= 4 is 38.6 Å². The predicted molar refractivity (Wildman–Crippen MR) is 117 cm³/mol. The molecule has 0 atom stereocenters. The van der Waals surface area contributed by atoms with Gasteiger partial charge in [-0.1, -0.05) is 12.1 Å². The minimum atomic E-state index is -4.83. The Morgan fingerprint density at radius 1 is 1.18 bits per heavy atom. The molecule has 0 aliphatic rings. The molecule has 0 aliphatic carbocycles. The average molecular weight is 499 g/mol. The molecule has 3 rings (SSSR count). The Balaban J connectivity index is 1.95. The van der Waals surface area contributed by atoms with E-state index in [1.54, 1.807) is 24.3 Å². The maximum atomic E-state index is 13.0. The summed E-state index contributed by atoms with van der Waals surface area (Å²) in [6, 6.07) is 11.9. The Bertz CT molecular complexity index is 1340. The number of halogens is 3. The number of nitrogens with one attached hydrogen (secondary N) is 1. The van der Waals surface area contributed by atoms with E-state index in [9.17, 15) is 26.4 Å². The zero-order valence-electron chi connectivity index (χ0n) is 17.0. The van der Waals surface area contributed by atoms with E-state index in [-0.39, 0.29) is 28.7 Å². The Labute approximate surface area is 190 Å². The van der Waals surface area contributed by atoms with E-state index in [1.165, 1.54) is 24.3 Å². The van der Waals surface area contributed by atoms with Crippen LogP contribution < -0.4 is 0 Å². The van der Waals surface area contributed by atoms with Crippen LogP contribution in [0.15, 0.2) is 62.8 Å². The van der Waals surface area contributed by atoms with Gasteiger partial charge in [0.25, 0.3) is 0 Å². The van der Waals surface area contributed by atoms with Crippen molar-refractivity contribution in [3.05, 3.63) is 64.9 Å². The molecule has 2 heterocycles. The van der Waals surface area contributed by atoms with Gasteiger partial charge in [-0.05, 0) is 42.0 Å². The van der Waals surface area contributed by atoms with E-state index in [0.29, 0.717) is 15.3 Å². The van der Waals surface area contributed by atoms with Gasteiger partial charge in [0.15, 0.2) is 9.84 Å². The summed E-state index contributed by atoms with van der Waals surface area (Å²) in [7, 11) is -3.44. The largest absolute Gasteiger partial charge is 0.475 e. The Hall–Kier alpha value is -3.25. The third-order valence-electron chi connectivity index (χ3n) is 4.42. The highest BCUT2D eigenvalue weighted by molar-refractivity contribution is 7.90. The van der Waals surface area contributed by atoms with Gasteiger partial charge in [0.2, 0.25) is 5.76 Å². The summed E-state index contributed by atoms with van der Waals surface area (Å²) in [5, 5.41) is 16.3. The van der Waals surface area contributed by atoms with E-state index in [2.05, 4.69) is 4.99 Å². The van der Waals surface area contributed by atoms with Crippen LogP contribution >= 0.6 is 11.3 Å². The molecule has 3 aromatic rings. The molecule has 12 heteroatoms. The monoisotopic (exact) mass is 498 g/mol. The molecule has 7 nitrogen and oxygen atoms in total. The van der Waals surface area contributed by atoms with Gasteiger partial charge in [0, 0.05) is 22.4 Å². The second-order valence-corrected chi connectivity index (χ2v) is 10.1. The first-order valence-electron chi connectivity index (χ1n) is 9.25. The number of thiophene rings is 1. The van der Waals surface area contributed by atoms with Crippen LogP contribution in [0.25, 0.3) is 10.4 Å². The molecule has 0 saturated carbocycles. The maximum Gasteiger partial charge on any atom is 0.429 e. The molecule has 0 unspecified atom stereocenters. The Morgan fingerprint density at radius 3 is 2.52 bits per heavy atom. The van der Waals surface area contributed by atoms with Gasteiger partial charge >= 0.3 is 12.1 Å². The second kappa shape index (κ2) is 9.32. The first-order chi connectivity index (χ1) is 15.3. The highest BCUT2D eigenvalue weighted by Crippen LogP contribution is 2.31. The van der Waals surface area contributed by atoms with Crippen molar-refractivity contribution < 1.29 is 35.9 Å². The fourth-order valence-electron chi connectivity index (χ4n) is 2.77. The number of sulfone groups is 1. The van der Waals surface area contributed by atoms with Crippen LogP contribution in [-0.2, 0) is 16.4 Å². The third-order valence-corrected chi connectivity index (χ3v) is 6.72. The SMILES string of the molecule is CS(=O)(=O)c1cccc(-c2ccc(C(CC(=N)C(F)(F)F)=NCc3ccc(C(=O)O)o3)s2)c1. The van der Waals surface area contributed by atoms with E-state index < -0.39 is 34.1 Å². The molecule has 1 aromatic carbocycles. The normalized spacial score (nSPS) is 12.7. The molecular formula is C21H17F3N2O5S2. The van der Waals surface area contributed by atoms with Crippen LogP contribution in [0, 0.1) is 5.41 Å². The molecular weight excluding hydrogens is 481 g/mol. The van der Waals surface area contributed by atoms with Crippen LogP contribution in [0.5, 0.6) is 0 Å². The quantitative estimate of drug-likeness (QED) is 0.420. The van der Waals surface area contributed by atoms with Crippen molar-refractivity contribution in [2.24, 2.45) is 4.99 Å². The second-order valence-electron chi connectivity index (χ2n) is 6.95. The van der Waals surface area contributed by atoms with E-state index in [1.807, 2.05) is 0 Å². The smallest absolute Gasteiger partial charge is 0.429 e. The number of alkyl halides is 3. The summed E-state index contributed by atoms with van der Waals surface area (Å²) in [5.41, 5.74) is -0.946. The number of hydrogen-bond donors (Lipinski definition) is 2. The summed E-state index contributed by atoms with van der Waals surface area (Å²) in [5.74, 6) is -1.47. The van der Waals surface area contributed by atoms with E-state index in [0.717, 1.165) is 17.6 Å². The van der Waals surface area contributed by atoms with Crippen molar-refractivity contribution in [3.8, 4) is 10.4 Å². The topological polar surface area (TPSA) is 121 Å². The summed E-state index contributed by atoms with van der Waals surface area (Å²) >= 11 is 1.10. The number of furan rings is 1. The number of carboxylic acid groups (broad SMARTS) is 1. The summed E-state index contributed by atoms with van der Waals surface area (Å²) in [6.07, 6.45) is -4.55. The highest BCUT2D eigenvalue weighted by atomic mass is 32.2. The van der Waals surface area contributed by atoms with Gasteiger partial charge in [0.05, 0.1) is 17.2 Å². The molecule has 174 valence electrons. The standard InChI is InChI=1S/C21H17F3N2O5S2/c1-33(29,30)14-4-2-3-12(9-14)17-7-8-18(32-17)15(10-19(25)21(22,23)24)26-11-13-5-6-16(31-13)20(27)28/h2-9,25H,10-11H2,1H3,(H,27,28). The van der Waals surface area contributed by atoms with E-state index >= 15 is 0 Å². The molecule has 0 radical (unpaired) electrons. The minimum absolute atomic E-state index is 0.0267. The molecule has 0 saturated heterocycles. The van der Waals surface area contributed by atoms with Gasteiger partial charge in [-0.3, -0.25) is 4.99 Å². The number of aliphatic imine (C=N–C) groups is 1. The molecule has 0 fully saturated rings. The van der Waals surface area contributed by atoms with Gasteiger partial charge < -0.3 is 14.9 Å². The van der Waals surface area contributed by atoms with Crippen molar-refractivity contribution in [3.63, 3.8) is 0 Å². The van der Waals surface area contributed by atoms with Crippen LogP contribution in [0.1, 0.15) is 27.6 Å². The molecule has 0 spiro atoms. The van der Waals surface area contributed by atoms with Crippen LogP contribution in [0.2, 0.25) is 0 Å². The molecule has 0 bridgehead atoms. The molecule has 0 aliphatic heterocycles. The third kappa shape index (κ3) is 6.17. The van der Waals surface area contributed by atoms with Gasteiger partial charge in [-0.2, -0.15) is 13.2 Å². The number of nitrogens with zero attached hydrogens (tertiary/aromatic N) is 1. The first-order valence-corrected chi connectivity index (χ1v) is 12.0. The lowest BCUT2D eigenvalue weighted by atomic mass is 10.1. The van der Waals surface area contributed by atoms with E-state index in [4.69, 9.17) is 14.9 Å². The van der Waals surface area contributed by atoms with Gasteiger partial charge in [-0.25, -0.2) is 13.2 Å². The summed E-state index contributed by atoms with van der Waals surface area (Å²) in [4.78, 5) is 16.2. The molecule has 2 N–H and O–H groups in total. The van der Waals surface area contributed by atoms with Crippen LogP contribution in [0.4, 0.5) is 13.2 Å². The number of aromatic carboxylic acids is 1. The van der Waals surface area contributed by atoms with Crippen molar-refractivity contribution in [2.45, 2.75) is 24.0 Å². The van der Waals surface area contributed by atoms with Crippen LogP contribution in [0.3, 0.4) is 0 Å². The number of carboxylic acids is 1. The predicted octanol–water partition coefficient (Wildman–Crippen LogP) is 5.07. The lowest BCUT2D eigenvalue weighted by Gasteiger charge is -2.09. The highest BCUT2D eigenvalue weighted by Gasteiger charge is 2.35. The first kappa shape index (κ1) is 24.4. The fourth-order valence-corrected chi connectivity index (χ4v) is 4.44. The Kier molecular flexibility index (Phi) is 6.89. The number of hydrogen-bond acceptors (Lipinski definition) is 7. The number of carbonyl (C=O) groups is 1. The number of benzene rings is 1. The van der Waals surface area contributed by atoms with Crippen molar-refractivity contribution in [2.75, 3.05) is 6.26 Å².